The van der Waals surface area contributed by atoms with Gasteiger partial charge in [0.25, 0.3) is 0 Å². The maximum Gasteiger partial charge on any atom is 0.109 e. The first-order chi connectivity index (χ1) is 4.88. The zero-order valence-corrected chi connectivity index (χ0v) is 7.32. The van der Waals surface area contributed by atoms with Crippen molar-refractivity contribution in [2.24, 2.45) is 0 Å². The van der Waals surface area contributed by atoms with Crippen molar-refractivity contribution in [2.45, 2.75) is 12.0 Å². The highest BCUT2D eigenvalue weighted by Crippen LogP contribution is 2.26. The summed E-state index contributed by atoms with van der Waals surface area (Å²) in [6.45, 7) is 0.845. The molecular formula is C7H8Cl2N2. The normalized spacial score (nSPS) is 20.6. The van der Waals surface area contributed by atoms with E-state index in [-0.39, 0.29) is 17.9 Å². The third-order valence-electron chi connectivity index (χ3n) is 1.69. The molecule has 1 unspecified atom stereocenters. The van der Waals surface area contributed by atoms with Crippen LogP contribution >= 0.6 is 24.0 Å². The predicted octanol–water partition coefficient (Wildman–Crippen LogP) is 1.84. The van der Waals surface area contributed by atoms with Crippen LogP contribution in [0.15, 0.2) is 18.5 Å². The van der Waals surface area contributed by atoms with Crippen LogP contribution < -0.4 is 5.32 Å². The van der Waals surface area contributed by atoms with Crippen LogP contribution in [0.5, 0.6) is 0 Å². The minimum absolute atomic E-state index is 0. The van der Waals surface area contributed by atoms with E-state index >= 15 is 0 Å². The van der Waals surface area contributed by atoms with Gasteiger partial charge in [-0.1, -0.05) is 0 Å². The van der Waals surface area contributed by atoms with Crippen LogP contribution in [0.25, 0.3) is 0 Å². The van der Waals surface area contributed by atoms with Crippen molar-refractivity contribution in [2.75, 3.05) is 0 Å². The molecule has 0 amide bonds. The third kappa shape index (κ3) is 1.48. The summed E-state index contributed by atoms with van der Waals surface area (Å²) in [6.07, 6.45) is 3.62. The minimum Gasteiger partial charge on any atom is -0.293 e. The molecule has 0 saturated carbocycles. The van der Waals surface area contributed by atoms with Crippen molar-refractivity contribution < 1.29 is 0 Å². The van der Waals surface area contributed by atoms with E-state index in [0.717, 1.165) is 12.1 Å². The summed E-state index contributed by atoms with van der Waals surface area (Å²) >= 11 is 5.90. The predicted molar refractivity (Wildman–Crippen MR) is 46.9 cm³/mol. The van der Waals surface area contributed by atoms with Crippen LogP contribution in [0.2, 0.25) is 0 Å². The Kier molecular flexibility index (Phi) is 2.71. The molecule has 0 aliphatic carbocycles. The van der Waals surface area contributed by atoms with Crippen molar-refractivity contribution in [3.63, 3.8) is 0 Å². The first kappa shape index (κ1) is 8.78. The molecule has 11 heavy (non-hydrogen) atoms. The van der Waals surface area contributed by atoms with Crippen molar-refractivity contribution in [1.82, 2.24) is 10.3 Å². The second kappa shape index (κ2) is 3.39. The SMILES string of the molecule is Cl.ClC1NCc2cnccc21. The van der Waals surface area contributed by atoms with Crippen molar-refractivity contribution >= 4 is 24.0 Å². The van der Waals surface area contributed by atoms with Gasteiger partial charge in [0.1, 0.15) is 5.50 Å². The molecule has 60 valence electrons. The minimum atomic E-state index is -0.0157. The number of pyridine rings is 1. The molecule has 2 heterocycles. The number of halogens is 2. The van der Waals surface area contributed by atoms with E-state index in [1.54, 1.807) is 6.20 Å². The summed E-state index contributed by atoms with van der Waals surface area (Å²) in [7, 11) is 0. The quantitative estimate of drug-likeness (QED) is 0.500. The molecule has 0 fully saturated rings. The summed E-state index contributed by atoms with van der Waals surface area (Å²) in [4.78, 5) is 3.99. The average molecular weight is 191 g/mol. The molecule has 0 spiro atoms. The highest BCUT2D eigenvalue weighted by molar-refractivity contribution is 6.20. The molecule has 1 aromatic rings. The number of hydrogen-bond donors (Lipinski definition) is 1. The highest BCUT2D eigenvalue weighted by Gasteiger charge is 2.18. The Labute approximate surface area is 76.4 Å². The lowest BCUT2D eigenvalue weighted by molar-refractivity contribution is 0.739. The molecule has 1 aromatic heterocycles. The molecule has 0 bridgehead atoms. The molecule has 0 aromatic carbocycles. The average Bonchev–Trinajstić information content (AvgIpc) is 2.34. The summed E-state index contributed by atoms with van der Waals surface area (Å²) in [5, 5.41) is 3.11. The molecule has 4 heteroatoms. The molecule has 1 atom stereocenters. The van der Waals surface area contributed by atoms with Crippen LogP contribution in [-0.4, -0.2) is 4.98 Å². The van der Waals surface area contributed by atoms with Gasteiger partial charge in [-0.3, -0.25) is 10.3 Å². The van der Waals surface area contributed by atoms with Crippen LogP contribution in [0.4, 0.5) is 0 Å². The third-order valence-corrected chi connectivity index (χ3v) is 2.08. The van der Waals surface area contributed by atoms with Crippen molar-refractivity contribution in [3.8, 4) is 0 Å². The van der Waals surface area contributed by atoms with E-state index in [4.69, 9.17) is 11.6 Å². The van der Waals surface area contributed by atoms with Gasteiger partial charge in [0.05, 0.1) is 0 Å². The molecule has 0 saturated heterocycles. The van der Waals surface area contributed by atoms with E-state index in [0.29, 0.717) is 0 Å². The fraction of sp³-hybridized carbons (Fsp3) is 0.286. The second-order valence-electron chi connectivity index (χ2n) is 2.32. The number of nitrogens with zero attached hydrogens (tertiary/aromatic N) is 1. The van der Waals surface area contributed by atoms with E-state index < -0.39 is 0 Å². The zero-order valence-electron chi connectivity index (χ0n) is 5.75. The van der Waals surface area contributed by atoms with E-state index in [2.05, 4.69) is 10.3 Å². The standard InChI is InChI=1S/C7H7ClN2.ClH/c8-7-6-1-2-9-3-5(6)4-10-7;/h1-3,7,10H,4H2;1H. The van der Waals surface area contributed by atoms with Crippen LogP contribution in [0.1, 0.15) is 16.6 Å². The van der Waals surface area contributed by atoms with Gasteiger partial charge in [-0.2, -0.15) is 0 Å². The number of aromatic nitrogens is 1. The molecule has 0 radical (unpaired) electrons. The van der Waals surface area contributed by atoms with E-state index in [1.165, 1.54) is 5.56 Å². The Morgan fingerprint density at radius 1 is 1.64 bits per heavy atom. The van der Waals surface area contributed by atoms with E-state index in [1.807, 2.05) is 12.3 Å². The number of fused-ring (bicyclic) bond motifs is 1. The summed E-state index contributed by atoms with van der Waals surface area (Å²) in [6, 6.07) is 1.95. The topological polar surface area (TPSA) is 24.9 Å². The number of nitrogens with one attached hydrogen (secondary N) is 1. The van der Waals surface area contributed by atoms with Gasteiger partial charge >= 0.3 is 0 Å². The summed E-state index contributed by atoms with van der Waals surface area (Å²) < 4.78 is 0. The molecule has 1 N–H and O–H groups in total. The largest absolute Gasteiger partial charge is 0.293 e. The Hall–Kier alpha value is -0.310. The molecule has 2 rings (SSSR count). The van der Waals surface area contributed by atoms with E-state index in [9.17, 15) is 0 Å². The smallest absolute Gasteiger partial charge is 0.109 e. The van der Waals surface area contributed by atoms with Crippen LogP contribution in [0.3, 0.4) is 0 Å². The first-order valence-electron chi connectivity index (χ1n) is 3.18. The van der Waals surface area contributed by atoms with Crippen molar-refractivity contribution in [1.29, 1.82) is 0 Å². The van der Waals surface area contributed by atoms with Gasteiger partial charge in [-0.25, -0.2) is 0 Å². The van der Waals surface area contributed by atoms with Gasteiger partial charge in [0, 0.05) is 18.9 Å². The molecule has 1 aliphatic rings. The Balaban J connectivity index is 0.000000605. The van der Waals surface area contributed by atoms with Gasteiger partial charge in [0.2, 0.25) is 0 Å². The lowest BCUT2D eigenvalue weighted by Crippen LogP contribution is -2.04. The lowest BCUT2D eigenvalue weighted by atomic mass is 10.2. The summed E-state index contributed by atoms with van der Waals surface area (Å²) in [5.74, 6) is 0. The fourth-order valence-electron chi connectivity index (χ4n) is 1.14. The zero-order chi connectivity index (χ0) is 6.97. The molecule has 2 nitrogen and oxygen atoms in total. The van der Waals surface area contributed by atoms with Gasteiger partial charge in [0.15, 0.2) is 0 Å². The Bertz CT molecular complexity index is 252. The first-order valence-corrected chi connectivity index (χ1v) is 3.62. The van der Waals surface area contributed by atoms with Gasteiger partial charge in [-0.05, 0) is 17.2 Å². The van der Waals surface area contributed by atoms with Gasteiger partial charge in [-0.15, -0.1) is 24.0 Å². The fourth-order valence-corrected chi connectivity index (χ4v) is 1.43. The van der Waals surface area contributed by atoms with Crippen LogP contribution in [0, 0.1) is 0 Å². The monoisotopic (exact) mass is 190 g/mol. The maximum absolute atomic E-state index is 5.90. The Morgan fingerprint density at radius 2 is 2.45 bits per heavy atom. The van der Waals surface area contributed by atoms with Crippen molar-refractivity contribution in [3.05, 3.63) is 29.6 Å². The number of alkyl halides is 1. The lowest BCUT2D eigenvalue weighted by Gasteiger charge is -1.98. The van der Waals surface area contributed by atoms with Crippen LogP contribution in [-0.2, 0) is 6.54 Å². The maximum atomic E-state index is 5.90. The highest BCUT2D eigenvalue weighted by atomic mass is 35.5. The Morgan fingerprint density at radius 3 is 3.18 bits per heavy atom. The second-order valence-corrected chi connectivity index (χ2v) is 2.75. The molecule has 1 aliphatic heterocycles. The number of rotatable bonds is 0. The summed E-state index contributed by atoms with van der Waals surface area (Å²) in [5.41, 5.74) is 2.36. The number of hydrogen-bond acceptors (Lipinski definition) is 2. The van der Waals surface area contributed by atoms with Gasteiger partial charge < -0.3 is 0 Å². The molecular weight excluding hydrogens is 183 g/mol.